The largest absolute Gasteiger partial charge is 0.338 e. The quantitative estimate of drug-likeness (QED) is 0.776. The van der Waals surface area contributed by atoms with Crippen LogP contribution in [-0.2, 0) is 9.59 Å². The molecule has 0 saturated carbocycles. The van der Waals surface area contributed by atoms with Gasteiger partial charge in [0.1, 0.15) is 0 Å². The van der Waals surface area contributed by atoms with Crippen molar-refractivity contribution in [2.75, 3.05) is 36.0 Å². The van der Waals surface area contributed by atoms with E-state index in [-0.39, 0.29) is 24.3 Å². The van der Waals surface area contributed by atoms with Crippen molar-refractivity contribution >= 4 is 23.5 Å². The van der Waals surface area contributed by atoms with Gasteiger partial charge in [0.15, 0.2) is 0 Å². The van der Waals surface area contributed by atoms with Gasteiger partial charge in [0.2, 0.25) is 11.9 Å². The highest BCUT2D eigenvalue weighted by atomic mass is 16.2. The summed E-state index contributed by atoms with van der Waals surface area (Å²) in [4.78, 5) is 39.2. The van der Waals surface area contributed by atoms with Crippen molar-refractivity contribution in [3.63, 3.8) is 0 Å². The molecule has 2 fully saturated rings. The topological polar surface area (TPSA) is 69.6 Å². The second-order valence-electron chi connectivity index (χ2n) is 6.19. The Morgan fingerprint density at radius 2 is 1.56 bits per heavy atom. The summed E-state index contributed by atoms with van der Waals surface area (Å²) in [5.74, 6) is 0.456. The van der Waals surface area contributed by atoms with Crippen molar-refractivity contribution in [3.8, 4) is 0 Å². The molecule has 2 aliphatic rings. The predicted molar refractivity (Wildman–Crippen MR) is 93.2 cm³/mol. The van der Waals surface area contributed by atoms with Gasteiger partial charge in [-0.2, -0.15) is 0 Å². The van der Waals surface area contributed by atoms with E-state index < -0.39 is 0 Å². The van der Waals surface area contributed by atoms with Gasteiger partial charge in [-0.05, 0) is 18.2 Å². The highest BCUT2D eigenvalue weighted by Crippen LogP contribution is 2.26. The van der Waals surface area contributed by atoms with Crippen LogP contribution < -0.4 is 9.80 Å². The summed E-state index contributed by atoms with van der Waals surface area (Å²) in [6.45, 7) is 2.91. The van der Waals surface area contributed by atoms with E-state index in [0.29, 0.717) is 24.7 Å². The number of aromatic nitrogens is 2. The fraction of sp³-hybridized carbons (Fsp3) is 0.333. The highest BCUT2D eigenvalue weighted by Gasteiger charge is 2.43. The molecule has 1 aromatic carbocycles. The SMILES string of the molecule is O=C1C[C@@H](N2CCN(c3ncccn3)CC2)C(=O)N1c1ccccc1. The van der Waals surface area contributed by atoms with E-state index in [4.69, 9.17) is 0 Å². The average molecular weight is 337 g/mol. The molecule has 2 amide bonds. The molecule has 7 nitrogen and oxygen atoms in total. The van der Waals surface area contributed by atoms with Crippen molar-refractivity contribution in [1.29, 1.82) is 0 Å². The maximum absolute atomic E-state index is 12.8. The van der Waals surface area contributed by atoms with E-state index in [1.165, 1.54) is 4.90 Å². The lowest BCUT2D eigenvalue weighted by atomic mass is 10.2. The fourth-order valence-corrected chi connectivity index (χ4v) is 3.44. The summed E-state index contributed by atoms with van der Waals surface area (Å²) in [5, 5.41) is 0. The van der Waals surface area contributed by atoms with Crippen LogP contribution in [0.3, 0.4) is 0 Å². The zero-order valence-corrected chi connectivity index (χ0v) is 13.8. The lowest BCUT2D eigenvalue weighted by Gasteiger charge is -2.36. The monoisotopic (exact) mass is 337 g/mol. The molecule has 0 N–H and O–H groups in total. The number of imide groups is 1. The Kier molecular flexibility index (Phi) is 4.15. The number of para-hydroxylation sites is 1. The Morgan fingerprint density at radius 1 is 0.880 bits per heavy atom. The second kappa shape index (κ2) is 6.60. The van der Waals surface area contributed by atoms with Gasteiger partial charge in [0.05, 0.1) is 18.2 Å². The minimum Gasteiger partial charge on any atom is -0.338 e. The van der Waals surface area contributed by atoms with E-state index in [2.05, 4.69) is 19.8 Å². The number of hydrogen-bond donors (Lipinski definition) is 0. The average Bonchev–Trinajstić information content (AvgIpc) is 2.97. The number of piperazine rings is 1. The smallest absolute Gasteiger partial charge is 0.251 e. The molecule has 25 heavy (non-hydrogen) atoms. The Labute approximate surface area is 145 Å². The molecule has 3 heterocycles. The van der Waals surface area contributed by atoms with E-state index in [1.54, 1.807) is 30.6 Å². The lowest BCUT2D eigenvalue weighted by Crippen LogP contribution is -2.53. The zero-order chi connectivity index (χ0) is 17.2. The van der Waals surface area contributed by atoms with Gasteiger partial charge >= 0.3 is 0 Å². The van der Waals surface area contributed by atoms with Gasteiger partial charge in [-0.25, -0.2) is 14.9 Å². The van der Waals surface area contributed by atoms with Crippen LogP contribution in [0.2, 0.25) is 0 Å². The summed E-state index contributed by atoms with van der Waals surface area (Å²) in [6, 6.07) is 10.6. The highest BCUT2D eigenvalue weighted by molar-refractivity contribution is 6.22. The molecule has 128 valence electrons. The molecule has 7 heteroatoms. The van der Waals surface area contributed by atoms with Crippen LogP contribution in [0.15, 0.2) is 48.8 Å². The molecule has 4 rings (SSSR count). The van der Waals surface area contributed by atoms with Gasteiger partial charge in [-0.1, -0.05) is 18.2 Å². The van der Waals surface area contributed by atoms with Crippen molar-refractivity contribution in [2.24, 2.45) is 0 Å². The number of amides is 2. The number of carbonyl (C=O) groups excluding carboxylic acids is 2. The maximum Gasteiger partial charge on any atom is 0.251 e. The first kappa shape index (κ1) is 15.7. The van der Waals surface area contributed by atoms with E-state index in [9.17, 15) is 9.59 Å². The summed E-state index contributed by atoms with van der Waals surface area (Å²) in [7, 11) is 0. The van der Waals surface area contributed by atoms with Crippen molar-refractivity contribution < 1.29 is 9.59 Å². The molecule has 2 saturated heterocycles. The number of benzene rings is 1. The Bertz CT molecular complexity index is 760. The predicted octanol–water partition coefficient (Wildman–Crippen LogP) is 0.931. The number of anilines is 2. The number of hydrogen-bond acceptors (Lipinski definition) is 6. The molecule has 1 atom stereocenters. The minimum atomic E-state index is -0.369. The Hall–Kier alpha value is -2.80. The standard InChI is InChI=1S/C18H19N5O2/c24-16-13-15(17(25)23(16)14-5-2-1-3-6-14)21-9-11-22(12-10-21)18-19-7-4-8-20-18/h1-8,15H,9-13H2/t15-/m1/s1. The van der Waals surface area contributed by atoms with Gasteiger partial charge in [0.25, 0.3) is 5.91 Å². The molecular weight excluding hydrogens is 318 g/mol. The van der Waals surface area contributed by atoms with Gasteiger partial charge in [0, 0.05) is 38.6 Å². The van der Waals surface area contributed by atoms with E-state index >= 15 is 0 Å². The molecule has 2 aliphatic heterocycles. The summed E-state index contributed by atoms with van der Waals surface area (Å²) < 4.78 is 0. The Morgan fingerprint density at radius 3 is 2.24 bits per heavy atom. The van der Waals surface area contributed by atoms with Crippen LogP contribution in [0.1, 0.15) is 6.42 Å². The molecule has 0 spiro atoms. The maximum atomic E-state index is 12.8. The molecule has 0 unspecified atom stereocenters. The van der Waals surface area contributed by atoms with Crippen LogP contribution in [-0.4, -0.2) is 58.9 Å². The molecule has 0 radical (unpaired) electrons. The minimum absolute atomic E-state index is 0.124. The van der Waals surface area contributed by atoms with Gasteiger partial charge in [-0.15, -0.1) is 0 Å². The fourth-order valence-electron chi connectivity index (χ4n) is 3.44. The van der Waals surface area contributed by atoms with Crippen LogP contribution >= 0.6 is 0 Å². The summed E-state index contributed by atoms with van der Waals surface area (Å²) in [6.07, 6.45) is 3.70. The van der Waals surface area contributed by atoms with Gasteiger partial charge < -0.3 is 4.90 Å². The van der Waals surface area contributed by atoms with Gasteiger partial charge in [-0.3, -0.25) is 14.5 Å². The molecule has 2 aromatic rings. The third-order valence-corrected chi connectivity index (χ3v) is 4.73. The molecule has 0 bridgehead atoms. The van der Waals surface area contributed by atoms with E-state index in [0.717, 1.165) is 13.1 Å². The number of nitrogens with zero attached hydrogens (tertiary/aromatic N) is 5. The molecule has 1 aromatic heterocycles. The lowest BCUT2D eigenvalue weighted by molar-refractivity contribution is -0.123. The second-order valence-corrected chi connectivity index (χ2v) is 6.19. The third-order valence-electron chi connectivity index (χ3n) is 4.73. The van der Waals surface area contributed by atoms with Crippen molar-refractivity contribution in [3.05, 3.63) is 48.8 Å². The molecular formula is C18H19N5O2. The van der Waals surface area contributed by atoms with Crippen molar-refractivity contribution in [2.45, 2.75) is 12.5 Å². The third kappa shape index (κ3) is 2.98. The number of carbonyl (C=O) groups is 2. The normalized spacial score (nSPS) is 21.8. The van der Waals surface area contributed by atoms with E-state index in [1.807, 2.05) is 18.2 Å². The Balaban J connectivity index is 1.44. The first-order chi connectivity index (χ1) is 12.2. The van der Waals surface area contributed by atoms with Crippen LogP contribution in [0.5, 0.6) is 0 Å². The number of rotatable bonds is 3. The van der Waals surface area contributed by atoms with Crippen LogP contribution in [0.25, 0.3) is 0 Å². The van der Waals surface area contributed by atoms with Crippen LogP contribution in [0, 0.1) is 0 Å². The van der Waals surface area contributed by atoms with Crippen LogP contribution in [0.4, 0.5) is 11.6 Å². The summed E-state index contributed by atoms with van der Waals surface area (Å²) >= 11 is 0. The summed E-state index contributed by atoms with van der Waals surface area (Å²) in [5.41, 5.74) is 0.649. The first-order valence-corrected chi connectivity index (χ1v) is 8.42. The molecule has 0 aliphatic carbocycles. The first-order valence-electron chi connectivity index (χ1n) is 8.42. The zero-order valence-electron chi connectivity index (χ0n) is 13.8. The van der Waals surface area contributed by atoms with Crippen molar-refractivity contribution in [1.82, 2.24) is 14.9 Å².